The molecule has 0 saturated heterocycles. The topological polar surface area (TPSA) is 67.8 Å². The standard InChI is InChI=1S/C32H33ClFNO4/c1-30-13-19-14-31(2,16-30)18-32(15-19,17-30)20-4-9-27(24(33)10-20)39-28-11-21(34)5-7-26(28)35-25-8-6-22(38-3)12-23(25)29(36)37/h4-12,19,35H,13-18H2,1-3H3,(H,36,37). The van der Waals surface area contributed by atoms with E-state index in [0.717, 1.165) is 5.92 Å². The van der Waals surface area contributed by atoms with Crippen LogP contribution >= 0.6 is 11.6 Å². The Morgan fingerprint density at radius 2 is 1.67 bits per heavy atom. The fraction of sp³-hybridized carbons (Fsp3) is 0.406. The van der Waals surface area contributed by atoms with Crippen LogP contribution < -0.4 is 14.8 Å². The molecule has 3 aromatic rings. The number of methoxy groups -OCH3 is 1. The Morgan fingerprint density at radius 3 is 2.31 bits per heavy atom. The van der Waals surface area contributed by atoms with Gasteiger partial charge in [0.1, 0.15) is 17.3 Å². The molecule has 0 amide bonds. The molecule has 2 unspecified atom stereocenters. The highest BCUT2D eigenvalue weighted by Crippen LogP contribution is 2.70. The van der Waals surface area contributed by atoms with Crippen molar-refractivity contribution >= 4 is 28.9 Å². The van der Waals surface area contributed by atoms with E-state index >= 15 is 0 Å². The summed E-state index contributed by atoms with van der Waals surface area (Å²) < 4.78 is 25.6. The number of ether oxygens (including phenoxy) is 2. The molecule has 7 heteroatoms. The fourth-order valence-electron chi connectivity index (χ4n) is 8.57. The van der Waals surface area contributed by atoms with Crippen molar-refractivity contribution in [3.63, 3.8) is 0 Å². The van der Waals surface area contributed by atoms with E-state index in [0.29, 0.717) is 38.7 Å². The number of anilines is 2. The molecule has 4 fully saturated rings. The van der Waals surface area contributed by atoms with Crippen LogP contribution in [0.25, 0.3) is 0 Å². The van der Waals surface area contributed by atoms with Gasteiger partial charge in [-0.25, -0.2) is 9.18 Å². The SMILES string of the molecule is COc1ccc(Nc2ccc(F)cc2Oc2ccc(C34CC5CC(C)(CC(C)(C5)C3)C4)cc2Cl)c(C(=O)O)c1. The second-order valence-corrected chi connectivity index (χ2v) is 13.0. The van der Waals surface area contributed by atoms with E-state index in [-0.39, 0.29) is 16.7 Å². The number of carbonyl (C=O) groups is 1. The Bertz CT molecular complexity index is 1450. The zero-order valence-corrected chi connectivity index (χ0v) is 23.2. The average Bonchev–Trinajstić information content (AvgIpc) is 2.84. The third kappa shape index (κ3) is 4.73. The molecule has 4 bridgehead atoms. The number of benzene rings is 3. The summed E-state index contributed by atoms with van der Waals surface area (Å²) in [5.41, 5.74) is 2.92. The Morgan fingerprint density at radius 1 is 0.949 bits per heavy atom. The molecule has 7 rings (SSSR count). The predicted octanol–water partition coefficient (Wildman–Crippen LogP) is 8.97. The first kappa shape index (κ1) is 26.0. The number of aromatic carboxylic acids is 1. The van der Waals surface area contributed by atoms with Gasteiger partial charge in [0.15, 0.2) is 5.75 Å². The van der Waals surface area contributed by atoms with Crippen molar-refractivity contribution in [3.05, 3.63) is 76.6 Å². The van der Waals surface area contributed by atoms with Crippen molar-refractivity contribution in [1.29, 1.82) is 0 Å². The van der Waals surface area contributed by atoms with Crippen LogP contribution in [0, 0.1) is 22.6 Å². The van der Waals surface area contributed by atoms with Crippen molar-refractivity contribution in [1.82, 2.24) is 0 Å². The zero-order valence-electron chi connectivity index (χ0n) is 22.4. The van der Waals surface area contributed by atoms with E-state index in [1.807, 2.05) is 12.1 Å². The molecular weight excluding hydrogens is 517 g/mol. The molecule has 4 saturated carbocycles. The predicted molar refractivity (Wildman–Crippen MR) is 150 cm³/mol. The zero-order chi connectivity index (χ0) is 27.6. The van der Waals surface area contributed by atoms with Crippen LogP contribution in [0.15, 0.2) is 54.6 Å². The lowest BCUT2D eigenvalue weighted by atomic mass is 9.39. The molecule has 39 heavy (non-hydrogen) atoms. The van der Waals surface area contributed by atoms with Crippen LogP contribution in [0.2, 0.25) is 5.02 Å². The number of halogens is 2. The minimum atomic E-state index is -1.12. The van der Waals surface area contributed by atoms with Gasteiger partial charge >= 0.3 is 5.97 Å². The van der Waals surface area contributed by atoms with Crippen molar-refractivity contribution in [2.45, 2.75) is 57.8 Å². The molecule has 0 aromatic heterocycles. The summed E-state index contributed by atoms with van der Waals surface area (Å²) in [5, 5.41) is 13.2. The highest BCUT2D eigenvalue weighted by Gasteiger charge is 2.60. The summed E-state index contributed by atoms with van der Waals surface area (Å²) in [6, 6.07) is 14.8. The molecular formula is C32H33ClFNO4. The van der Waals surface area contributed by atoms with Crippen LogP contribution in [-0.2, 0) is 5.41 Å². The van der Waals surface area contributed by atoms with Crippen molar-refractivity contribution in [3.8, 4) is 17.2 Å². The van der Waals surface area contributed by atoms with E-state index < -0.39 is 11.8 Å². The number of carboxylic acid groups (broad SMARTS) is 1. The van der Waals surface area contributed by atoms with Crippen LogP contribution in [0.4, 0.5) is 15.8 Å². The summed E-state index contributed by atoms with van der Waals surface area (Å²) in [4.78, 5) is 11.9. The first-order valence-corrected chi connectivity index (χ1v) is 13.8. The molecule has 204 valence electrons. The Labute approximate surface area is 233 Å². The van der Waals surface area contributed by atoms with Crippen LogP contribution in [0.3, 0.4) is 0 Å². The maximum absolute atomic E-state index is 14.3. The van der Waals surface area contributed by atoms with Gasteiger partial charge in [0.05, 0.1) is 29.1 Å². The largest absolute Gasteiger partial charge is 0.497 e. The van der Waals surface area contributed by atoms with Gasteiger partial charge in [-0.1, -0.05) is 31.5 Å². The highest BCUT2D eigenvalue weighted by molar-refractivity contribution is 6.32. The summed E-state index contributed by atoms with van der Waals surface area (Å²) in [7, 11) is 1.47. The van der Waals surface area contributed by atoms with E-state index in [1.54, 1.807) is 12.1 Å². The Hall–Kier alpha value is -3.25. The number of hydrogen-bond acceptors (Lipinski definition) is 4. The van der Waals surface area contributed by atoms with E-state index in [9.17, 15) is 14.3 Å². The summed E-state index contributed by atoms with van der Waals surface area (Å²) in [5.74, 6) is 0.206. The lowest BCUT2D eigenvalue weighted by Gasteiger charge is -2.65. The lowest BCUT2D eigenvalue weighted by Crippen LogP contribution is -2.56. The Kier molecular flexibility index (Phi) is 6.10. The maximum Gasteiger partial charge on any atom is 0.337 e. The monoisotopic (exact) mass is 549 g/mol. The lowest BCUT2D eigenvalue weighted by molar-refractivity contribution is -0.110. The van der Waals surface area contributed by atoms with Crippen molar-refractivity contribution < 1.29 is 23.8 Å². The molecule has 0 spiro atoms. The van der Waals surface area contributed by atoms with Gasteiger partial charge in [0, 0.05) is 6.07 Å². The smallest absolute Gasteiger partial charge is 0.337 e. The molecule has 0 aliphatic heterocycles. The highest BCUT2D eigenvalue weighted by atomic mass is 35.5. The van der Waals surface area contributed by atoms with Gasteiger partial charge in [0.2, 0.25) is 0 Å². The van der Waals surface area contributed by atoms with E-state index in [1.165, 1.54) is 75.5 Å². The summed E-state index contributed by atoms with van der Waals surface area (Å²) >= 11 is 6.81. The first-order valence-electron chi connectivity index (χ1n) is 13.4. The molecule has 5 nitrogen and oxygen atoms in total. The summed E-state index contributed by atoms with van der Waals surface area (Å²) in [6.45, 7) is 4.92. The number of nitrogens with one attached hydrogen (secondary N) is 1. The normalized spacial score (nSPS) is 28.8. The minimum Gasteiger partial charge on any atom is -0.497 e. The summed E-state index contributed by atoms with van der Waals surface area (Å²) in [6.07, 6.45) is 7.54. The molecule has 0 heterocycles. The average molecular weight is 550 g/mol. The van der Waals surface area contributed by atoms with E-state index in [4.69, 9.17) is 21.1 Å². The fourth-order valence-corrected chi connectivity index (χ4v) is 8.79. The van der Waals surface area contributed by atoms with E-state index in [2.05, 4.69) is 25.2 Å². The van der Waals surface area contributed by atoms with Crippen LogP contribution in [0.1, 0.15) is 68.3 Å². The first-order chi connectivity index (χ1) is 18.5. The third-order valence-electron chi connectivity index (χ3n) is 9.06. The minimum absolute atomic E-state index is 0.0185. The van der Waals surface area contributed by atoms with Gasteiger partial charge in [-0.15, -0.1) is 0 Å². The van der Waals surface area contributed by atoms with Gasteiger partial charge in [-0.05, 0) is 109 Å². The molecule has 2 N–H and O–H groups in total. The quantitative estimate of drug-likeness (QED) is 0.308. The second-order valence-electron chi connectivity index (χ2n) is 12.6. The second kappa shape index (κ2) is 9.16. The number of rotatable bonds is 7. The third-order valence-corrected chi connectivity index (χ3v) is 9.36. The molecule has 4 aliphatic carbocycles. The van der Waals surface area contributed by atoms with Gasteiger partial charge in [-0.3, -0.25) is 0 Å². The molecule has 2 atom stereocenters. The van der Waals surface area contributed by atoms with Gasteiger partial charge in [0.25, 0.3) is 0 Å². The van der Waals surface area contributed by atoms with Crippen LogP contribution in [0.5, 0.6) is 17.2 Å². The van der Waals surface area contributed by atoms with Crippen molar-refractivity contribution in [2.24, 2.45) is 16.7 Å². The van der Waals surface area contributed by atoms with Gasteiger partial charge < -0.3 is 19.9 Å². The molecule has 3 aromatic carbocycles. The van der Waals surface area contributed by atoms with Crippen molar-refractivity contribution in [2.75, 3.05) is 12.4 Å². The Balaban J connectivity index is 1.30. The molecule has 4 aliphatic rings. The number of carboxylic acids is 1. The van der Waals surface area contributed by atoms with Gasteiger partial charge in [-0.2, -0.15) is 0 Å². The maximum atomic E-state index is 14.3. The number of hydrogen-bond donors (Lipinski definition) is 2. The molecule has 0 radical (unpaired) electrons. The van der Waals surface area contributed by atoms with Crippen LogP contribution in [-0.4, -0.2) is 18.2 Å².